The fourth-order valence-corrected chi connectivity index (χ4v) is 4.53. The van der Waals surface area contributed by atoms with Crippen LogP contribution in [0.4, 0.5) is 5.69 Å². The van der Waals surface area contributed by atoms with E-state index in [-0.39, 0.29) is 36.9 Å². The van der Waals surface area contributed by atoms with Crippen molar-refractivity contribution in [2.45, 2.75) is 32.1 Å². The molecule has 0 aliphatic carbocycles. The van der Waals surface area contributed by atoms with E-state index in [2.05, 4.69) is 27.9 Å². The molecule has 2 amide bonds. The highest BCUT2D eigenvalue weighted by Gasteiger charge is 2.34. The van der Waals surface area contributed by atoms with Gasteiger partial charge in [-0.15, -0.1) is 0 Å². The molecule has 0 radical (unpaired) electrons. The van der Waals surface area contributed by atoms with Gasteiger partial charge in [0.2, 0.25) is 5.96 Å². The highest BCUT2D eigenvalue weighted by molar-refractivity contribution is 6.21. The topological polar surface area (TPSA) is 138 Å². The van der Waals surface area contributed by atoms with Crippen molar-refractivity contribution in [3.8, 4) is 0 Å². The van der Waals surface area contributed by atoms with Gasteiger partial charge in [-0.3, -0.25) is 25.8 Å². The summed E-state index contributed by atoms with van der Waals surface area (Å²) in [6.45, 7) is 2.44. The van der Waals surface area contributed by atoms with Crippen molar-refractivity contribution >= 4 is 23.5 Å². The number of anilines is 1. The molecule has 1 unspecified atom stereocenters. The fraction of sp³-hybridized carbons (Fsp3) is 0.348. The standard InChI is InChI=1S/C23H27N7O3/c24-23(27-19-6-3-7-26-20-11-15-13-33-12-14(15)10-18(19)20)28-30(25)9-8-29-21(31)16-4-1-2-5-17(16)22(29)32/h1-2,4-5,10-11,19,26H,3,6-9,12-13,25H2,(H3,24,27,28). The fourth-order valence-electron chi connectivity index (χ4n) is 4.53. The number of fused-ring (bicyclic) bond motifs is 3. The van der Waals surface area contributed by atoms with E-state index in [1.807, 2.05) is 0 Å². The number of nitrogens with two attached hydrogens (primary N) is 2. The average Bonchev–Trinajstić information content (AvgIpc) is 3.29. The van der Waals surface area contributed by atoms with Crippen molar-refractivity contribution < 1.29 is 14.3 Å². The maximum absolute atomic E-state index is 12.5. The van der Waals surface area contributed by atoms with Gasteiger partial charge in [0.1, 0.15) is 0 Å². The molecule has 10 nitrogen and oxygen atoms in total. The van der Waals surface area contributed by atoms with E-state index < -0.39 is 0 Å². The van der Waals surface area contributed by atoms with Crippen molar-refractivity contribution in [2.24, 2.45) is 16.6 Å². The van der Waals surface area contributed by atoms with Gasteiger partial charge in [-0.2, -0.15) is 5.12 Å². The first-order chi connectivity index (χ1) is 16.0. The molecule has 10 heteroatoms. The Morgan fingerprint density at radius 3 is 2.61 bits per heavy atom. The molecule has 6 N–H and O–H groups in total. The second-order valence-electron chi connectivity index (χ2n) is 8.41. The van der Waals surface area contributed by atoms with Crippen molar-refractivity contribution in [3.05, 3.63) is 64.2 Å². The highest BCUT2D eigenvalue weighted by atomic mass is 16.5. The number of rotatable bonds is 5. The lowest BCUT2D eigenvalue weighted by atomic mass is 9.97. The summed E-state index contributed by atoms with van der Waals surface area (Å²) >= 11 is 0. The van der Waals surface area contributed by atoms with Gasteiger partial charge in [0, 0.05) is 24.3 Å². The van der Waals surface area contributed by atoms with E-state index in [9.17, 15) is 9.59 Å². The number of ether oxygens (including phenoxy) is 1. The lowest BCUT2D eigenvalue weighted by Crippen LogP contribution is -2.53. The number of carbonyl (C=O) groups is 2. The van der Waals surface area contributed by atoms with E-state index in [4.69, 9.17) is 16.3 Å². The number of nitrogens with zero attached hydrogens (tertiary/aromatic N) is 3. The minimum absolute atomic E-state index is 0.113. The van der Waals surface area contributed by atoms with Gasteiger partial charge in [0.25, 0.3) is 11.8 Å². The molecule has 0 fully saturated rings. The third-order valence-electron chi connectivity index (χ3n) is 6.21. The predicted octanol–water partition coefficient (Wildman–Crippen LogP) is 1.25. The Kier molecular flexibility index (Phi) is 5.71. The second-order valence-corrected chi connectivity index (χ2v) is 8.41. The summed E-state index contributed by atoms with van der Waals surface area (Å²) in [6, 6.07) is 11.0. The number of imide groups is 1. The van der Waals surface area contributed by atoms with E-state index in [0.717, 1.165) is 30.6 Å². The van der Waals surface area contributed by atoms with Crippen LogP contribution in [0.3, 0.4) is 0 Å². The number of aliphatic imine (C=N–C) groups is 1. The molecule has 0 saturated heterocycles. The van der Waals surface area contributed by atoms with E-state index in [1.54, 1.807) is 24.3 Å². The smallest absolute Gasteiger partial charge is 0.261 e. The molecule has 2 aromatic rings. The van der Waals surface area contributed by atoms with Crippen LogP contribution in [0.25, 0.3) is 0 Å². The Balaban J connectivity index is 1.23. The second kappa shape index (κ2) is 8.81. The van der Waals surface area contributed by atoms with Gasteiger partial charge in [-0.05, 0) is 48.2 Å². The zero-order valence-electron chi connectivity index (χ0n) is 18.2. The zero-order chi connectivity index (χ0) is 22.9. The average molecular weight is 450 g/mol. The van der Waals surface area contributed by atoms with Gasteiger partial charge in [0.15, 0.2) is 0 Å². The van der Waals surface area contributed by atoms with E-state index >= 15 is 0 Å². The molecule has 1 atom stereocenters. The SMILES string of the molecule is NC(=NC1CCCNc2cc3c(cc21)COC3)NN(N)CCN1C(=O)c2ccccc2C1=O. The van der Waals surface area contributed by atoms with E-state index in [1.165, 1.54) is 21.1 Å². The van der Waals surface area contributed by atoms with E-state index in [0.29, 0.717) is 24.3 Å². The first kappa shape index (κ1) is 21.4. The third kappa shape index (κ3) is 4.15. The molecule has 0 aromatic heterocycles. The van der Waals surface area contributed by atoms with Crippen LogP contribution in [0.15, 0.2) is 41.4 Å². The largest absolute Gasteiger partial charge is 0.385 e. The third-order valence-corrected chi connectivity index (χ3v) is 6.21. The summed E-state index contributed by atoms with van der Waals surface area (Å²) in [4.78, 5) is 30.9. The van der Waals surface area contributed by atoms with Crippen molar-refractivity contribution in [1.29, 1.82) is 0 Å². The van der Waals surface area contributed by atoms with Crippen molar-refractivity contribution in [1.82, 2.24) is 15.4 Å². The number of benzene rings is 2. The highest BCUT2D eigenvalue weighted by Crippen LogP contribution is 2.36. The van der Waals surface area contributed by atoms with Crippen LogP contribution in [0, 0.1) is 0 Å². The normalized spacial score (nSPS) is 19.8. The molecular weight excluding hydrogens is 422 g/mol. The molecule has 172 valence electrons. The molecule has 0 bridgehead atoms. The first-order valence-electron chi connectivity index (χ1n) is 11.1. The van der Waals surface area contributed by atoms with Crippen LogP contribution >= 0.6 is 0 Å². The van der Waals surface area contributed by atoms with Crippen LogP contribution in [0.5, 0.6) is 0 Å². The molecule has 0 spiro atoms. The van der Waals surface area contributed by atoms with Crippen molar-refractivity contribution in [2.75, 3.05) is 25.0 Å². The number of hydrazine groups is 2. The van der Waals surface area contributed by atoms with Crippen LogP contribution in [-0.4, -0.2) is 47.4 Å². The molecule has 3 aliphatic heterocycles. The lowest BCUT2D eigenvalue weighted by Gasteiger charge is -2.22. The summed E-state index contributed by atoms with van der Waals surface area (Å²) in [5.74, 6) is 5.58. The van der Waals surface area contributed by atoms with Crippen molar-refractivity contribution in [3.63, 3.8) is 0 Å². The molecule has 2 aromatic carbocycles. The quantitative estimate of drug-likeness (QED) is 0.176. The van der Waals surface area contributed by atoms with Gasteiger partial charge in [0.05, 0.1) is 36.9 Å². The molecule has 3 aliphatic rings. The summed E-state index contributed by atoms with van der Waals surface area (Å²) in [5.41, 5.74) is 14.4. The summed E-state index contributed by atoms with van der Waals surface area (Å²) in [5, 5.41) is 4.72. The minimum Gasteiger partial charge on any atom is -0.385 e. The maximum Gasteiger partial charge on any atom is 0.261 e. The van der Waals surface area contributed by atoms with Gasteiger partial charge in [-0.1, -0.05) is 12.1 Å². The number of amides is 2. The molecule has 0 saturated carbocycles. The molecular formula is C23H27N7O3. The maximum atomic E-state index is 12.5. The summed E-state index contributed by atoms with van der Waals surface area (Å²) in [6.07, 6.45) is 1.81. The Labute approximate surface area is 191 Å². The molecule has 5 rings (SSSR count). The molecule has 33 heavy (non-hydrogen) atoms. The van der Waals surface area contributed by atoms with Crippen LogP contribution < -0.4 is 22.3 Å². The Hall–Kier alpha value is -3.47. The summed E-state index contributed by atoms with van der Waals surface area (Å²) in [7, 11) is 0. The number of nitrogens with one attached hydrogen (secondary N) is 2. The summed E-state index contributed by atoms with van der Waals surface area (Å²) < 4.78 is 5.56. The van der Waals surface area contributed by atoms with Gasteiger partial charge >= 0.3 is 0 Å². The number of carbonyl (C=O) groups excluding carboxylic acids is 2. The van der Waals surface area contributed by atoms with Crippen LogP contribution in [0.1, 0.15) is 56.3 Å². The predicted molar refractivity (Wildman–Crippen MR) is 123 cm³/mol. The molecule has 3 heterocycles. The van der Waals surface area contributed by atoms with Crippen LogP contribution in [-0.2, 0) is 18.0 Å². The van der Waals surface area contributed by atoms with Gasteiger partial charge in [-0.25, -0.2) is 4.99 Å². The van der Waals surface area contributed by atoms with Gasteiger partial charge < -0.3 is 15.8 Å². The monoisotopic (exact) mass is 449 g/mol. The van der Waals surface area contributed by atoms with Crippen LogP contribution in [0.2, 0.25) is 0 Å². The Morgan fingerprint density at radius 2 is 1.88 bits per heavy atom. The lowest BCUT2D eigenvalue weighted by molar-refractivity contribution is 0.0630. The first-order valence-corrected chi connectivity index (χ1v) is 11.1. The minimum atomic E-state index is -0.315. The number of guanidine groups is 1. The Bertz CT molecular complexity index is 1100. The zero-order valence-corrected chi connectivity index (χ0v) is 18.2. The Morgan fingerprint density at radius 1 is 1.18 bits per heavy atom. The number of hydrogen-bond donors (Lipinski definition) is 4. The number of hydrogen-bond acceptors (Lipinski definition) is 7.